The van der Waals surface area contributed by atoms with Gasteiger partial charge in [0.25, 0.3) is 0 Å². The van der Waals surface area contributed by atoms with Crippen LogP contribution in [-0.4, -0.2) is 25.2 Å². The number of rotatable bonds is 0. The normalized spacial score (nSPS) is 21.6. The van der Waals surface area contributed by atoms with E-state index in [0.717, 1.165) is 13.1 Å². The van der Waals surface area contributed by atoms with Gasteiger partial charge in [-0.25, -0.2) is 0 Å². The average Bonchev–Trinajstić information content (AvgIpc) is 2.61. The van der Waals surface area contributed by atoms with E-state index in [1.165, 1.54) is 35.3 Å². The monoisotopic (exact) mass is 264 g/mol. The molecule has 1 fully saturated rings. The summed E-state index contributed by atoms with van der Waals surface area (Å²) in [6, 6.07) is 18.4. The lowest BCUT2D eigenvalue weighted by atomic mass is 9.95. The molecule has 20 heavy (non-hydrogen) atoms. The number of nitrogens with zero attached hydrogens (tertiary/aromatic N) is 2. The summed E-state index contributed by atoms with van der Waals surface area (Å²) in [7, 11) is 2.22. The molecule has 0 spiro atoms. The third-order valence-electron chi connectivity index (χ3n) is 4.65. The molecule has 0 saturated carbocycles. The Hall–Kier alpha value is -1.80. The molecule has 0 radical (unpaired) electrons. The van der Waals surface area contributed by atoms with Gasteiger partial charge in [-0.2, -0.15) is 0 Å². The van der Waals surface area contributed by atoms with E-state index >= 15 is 0 Å². The summed E-state index contributed by atoms with van der Waals surface area (Å²) in [6.07, 6.45) is 2.27. The Morgan fingerprint density at radius 2 is 1.70 bits per heavy atom. The van der Waals surface area contributed by atoms with Crippen molar-refractivity contribution in [3.05, 3.63) is 65.2 Å². The van der Waals surface area contributed by atoms with Gasteiger partial charge in [-0.3, -0.25) is 4.90 Å². The minimum atomic E-state index is 0.533. The molecular weight excluding hydrogens is 244 g/mol. The highest BCUT2D eigenvalue weighted by Gasteiger charge is 2.31. The first-order chi connectivity index (χ1) is 9.83. The summed E-state index contributed by atoms with van der Waals surface area (Å²) in [5.41, 5.74) is 5.90. The summed E-state index contributed by atoms with van der Waals surface area (Å²) in [5.74, 6) is 0. The Morgan fingerprint density at radius 3 is 2.60 bits per heavy atom. The van der Waals surface area contributed by atoms with E-state index in [1.807, 2.05) is 0 Å². The van der Waals surface area contributed by atoms with E-state index < -0.39 is 0 Å². The maximum absolute atomic E-state index is 2.59. The fourth-order valence-electron chi connectivity index (χ4n) is 3.66. The topological polar surface area (TPSA) is 6.48 Å². The zero-order chi connectivity index (χ0) is 13.5. The first-order valence-corrected chi connectivity index (χ1v) is 7.44. The van der Waals surface area contributed by atoms with Crippen molar-refractivity contribution in [1.29, 1.82) is 0 Å². The quantitative estimate of drug-likeness (QED) is 0.719. The molecule has 2 aromatic carbocycles. The van der Waals surface area contributed by atoms with Gasteiger partial charge in [-0.1, -0.05) is 42.5 Å². The van der Waals surface area contributed by atoms with Gasteiger partial charge in [0.1, 0.15) is 0 Å². The van der Waals surface area contributed by atoms with Crippen molar-refractivity contribution < 1.29 is 0 Å². The Kier molecular flexibility index (Phi) is 2.78. The van der Waals surface area contributed by atoms with Crippen LogP contribution in [0.5, 0.6) is 0 Å². The lowest BCUT2D eigenvalue weighted by Crippen LogP contribution is -2.44. The lowest BCUT2D eigenvalue weighted by molar-refractivity contribution is 0.257. The minimum absolute atomic E-state index is 0.533. The Balaban J connectivity index is 1.90. The first kappa shape index (κ1) is 12.0. The maximum atomic E-state index is 2.59. The van der Waals surface area contributed by atoms with E-state index in [2.05, 4.69) is 65.4 Å². The predicted octanol–water partition coefficient (Wildman–Crippen LogP) is 3.43. The second kappa shape index (κ2) is 4.64. The van der Waals surface area contributed by atoms with Crippen LogP contribution < -0.4 is 4.90 Å². The van der Waals surface area contributed by atoms with Crippen LogP contribution in [0.3, 0.4) is 0 Å². The van der Waals surface area contributed by atoms with Gasteiger partial charge in [0, 0.05) is 12.2 Å². The fraction of sp³-hybridized carbons (Fsp3) is 0.333. The van der Waals surface area contributed by atoms with Gasteiger partial charge >= 0.3 is 0 Å². The van der Waals surface area contributed by atoms with Crippen LogP contribution in [0, 0.1) is 0 Å². The molecule has 1 saturated heterocycles. The summed E-state index contributed by atoms with van der Waals surface area (Å²) in [5, 5.41) is 0. The SMILES string of the molecule is CN1CC[C@@H]2c3ccccc3Cc3ccccc3N2C1. The Morgan fingerprint density at radius 1 is 0.950 bits per heavy atom. The van der Waals surface area contributed by atoms with Crippen LogP contribution in [0.15, 0.2) is 48.5 Å². The highest BCUT2D eigenvalue weighted by atomic mass is 15.3. The van der Waals surface area contributed by atoms with Crippen LogP contribution in [0.25, 0.3) is 0 Å². The molecular formula is C18H20N2. The molecule has 0 unspecified atom stereocenters. The van der Waals surface area contributed by atoms with Crippen LogP contribution in [0.2, 0.25) is 0 Å². The smallest absolute Gasteiger partial charge is 0.0711 e. The molecule has 0 aliphatic carbocycles. The van der Waals surface area contributed by atoms with E-state index in [1.54, 1.807) is 0 Å². The summed E-state index contributed by atoms with van der Waals surface area (Å²) in [6.45, 7) is 2.20. The van der Waals surface area contributed by atoms with Gasteiger partial charge in [0.05, 0.1) is 12.7 Å². The Bertz CT molecular complexity index is 635. The van der Waals surface area contributed by atoms with Crippen molar-refractivity contribution in [2.24, 2.45) is 0 Å². The van der Waals surface area contributed by atoms with Gasteiger partial charge in [-0.05, 0) is 42.6 Å². The number of fused-ring (bicyclic) bond motifs is 5. The van der Waals surface area contributed by atoms with Crippen LogP contribution >= 0.6 is 0 Å². The second-order valence-electron chi connectivity index (χ2n) is 6.00. The standard InChI is InChI=1S/C18H20N2/c1-19-11-10-18-16-8-4-2-6-14(16)12-15-7-3-5-9-17(15)20(18)13-19/h2-9,18H,10-13H2,1H3/t18-/m1/s1. The number of anilines is 1. The molecule has 1 atom stereocenters. The molecule has 0 aromatic heterocycles. The number of hydrogen-bond donors (Lipinski definition) is 0. The fourth-order valence-corrected chi connectivity index (χ4v) is 3.66. The zero-order valence-electron chi connectivity index (χ0n) is 11.9. The van der Waals surface area contributed by atoms with Gasteiger partial charge in [0.15, 0.2) is 0 Å². The van der Waals surface area contributed by atoms with Gasteiger partial charge < -0.3 is 4.90 Å². The zero-order valence-corrected chi connectivity index (χ0v) is 11.9. The summed E-state index contributed by atoms with van der Waals surface area (Å²) in [4.78, 5) is 5.01. The molecule has 2 heterocycles. The molecule has 0 N–H and O–H groups in total. The third kappa shape index (κ3) is 1.83. The van der Waals surface area contributed by atoms with Crippen LogP contribution in [0.4, 0.5) is 5.69 Å². The molecule has 2 heteroatoms. The summed E-state index contributed by atoms with van der Waals surface area (Å²) >= 11 is 0. The molecule has 2 aliphatic rings. The summed E-state index contributed by atoms with van der Waals surface area (Å²) < 4.78 is 0. The number of para-hydroxylation sites is 1. The highest BCUT2D eigenvalue weighted by molar-refractivity contribution is 5.60. The van der Waals surface area contributed by atoms with Gasteiger partial charge in [0.2, 0.25) is 0 Å². The molecule has 2 nitrogen and oxygen atoms in total. The molecule has 4 rings (SSSR count). The predicted molar refractivity (Wildman–Crippen MR) is 83.0 cm³/mol. The molecule has 0 amide bonds. The lowest BCUT2D eigenvalue weighted by Gasteiger charge is -2.42. The van der Waals surface area contributed by atoms with Crippen molar-refractivity contribution in [3.63, 3.8) is 0 Å². The number of benzene rings is 2. The third-order valence-corrected chi connectivity index (χ3v) is 4.65. The molecule has 2 aliphatic heterocycles. The minimum Gasteiger partial charge on any atom is -0.351 e. The highest BCUT2D eigenvalue weighted by Crippen LogP contribution is 2.40. The molecule has 102 valence electrons. The second-order valence-corrected chi connectivity index (χ2v) is 6.00. The average molecular weight is 264 g/mol. The van der Waals surface area contributed by atoms with Crippen molar-refractivity contribution in [3.8, 4) is 0 Å². The number of hydrogen-bond acceptors (Lipinski definition) is 2. The van der Waals surface area contributed by atoms with E-state index in [9.17, 15) is 0 Å². The van der Waals surface area contributed by atoms with Crippen LogP contribution in [0.1, 0.15) is 29.2 Å². The first-order valence-electron chi connectivity index (χ1n) is 7.44. The van der Waals surface area contributed by atoms with E-state index in [4.69, 9.17) is 0 Å². The van der Waals surface area contributed by atoms with Crippen molar-refractivity contribution in [2.75, 3.05) is 25.2 Å². The van der Waals surface area contributed by atoms with E-state index in [-0.39, 0.29) is 0 Å². The van der Waals surface area contributed by atoms with Crippen molar-refractivity contribution >= 4 is 5.69 Å². The molecule has 0 bridgehead atoms. The van der Waals surface area contributed by atoms with Crippen LogP contribution in [-0.2, 0) is 6.42 Å². The van der Waals surface area contributed by atoms with Crippen molar-refractivity contribution in [1.82, 2.24) is 4.90 Å². The van der Waals surface area contributed by atoms with E-state index in [0.29, 0.717) is 6.04 Å². The maximum Gasteiger partial charge on any atom is 0.0711 e. The molecule has 2 aromatic rings. The van der Waals surface area contributed by atoms with Gasteiger partial charge in [-0.15, -0.1) is 0 Å². The largest absolute Gasteiger partial charge is 0.351 e. The Labute approximate surface area is 120 Å². The van der Waals surface area contributed by atoms with Crippen molar-refractivity contribution in [2.45, 2.75) is 18.9 Å².